The zero-order valence-corrected chi connectivity index (χ0v) is 16.2. The van der Waals surface area contributed by atoms with E-state index < -0.39 is 0 Å². The molecular formula is C20H31NO5. The lowest BCUT2D eigenvalue weighted by atomic mass is 9.70. The predicted molar refractivity (Wildman–Crippen MR) is 96.0 cm³/mol. The van der Waals surface area contributed by atoms with Crippen LogP contribution in [0.2, 0.25) is 0 Å². The Balaban J connectivity index is 1.37. The van der Waals surface area contributed by atoms with Crippen molar-refractivity contribution in [2.24, 2.45) is 5.92 Å². The monoisotopic (exact) mass is 365 g/mol. The molecule has 0 radical (unpaired) electrons. The Hall–Kier alpha value is -1.11. The largest absolute Gasteiger partial charge is 0.446 e. The first-order chi connectivity index (χ1) is 12.4. The third-order valence-corrected chi connectivity index (χ3v) is 6.49. The van der Waals surface area contributed by atoms with E-state index in [9.17, 15) is 4.79 Å². The number of amides is 1. The van der Waals surface area contributed by atoms with Crippen molar-refractivity contribution >= 4 is 6.09 Å². The Bertz CT molecular complexity index is 577. The molecule has 3 aliphatic heterocycles. The van der Waals surface area contributed by atoms with Crippen molar-refractivity contribution in [3.05, 3.63) is 11.6 Å². The van der Waals surface area contributed by atoms with Crippen molar-refractivity contribution in [3.8, 4) is 0 Å². The van der Waals surface area contributed by atoms with Crippen LogP contribution < -0.4 is 0 Å². The second kappa shape index (κ2) is 6.80. The molecule has 0 N–H and O–H groups in total. The van der Waals surface area contributed by atoms with E-state index in [0.717, 1.165) is 32.3 Å². The van der Waals surface area contributed by atoms with Gasteiger partial charge in [-0.1, -0.05) is 11.6 Å². The summed E-state index contributed by atoms with van der Waals surface area (Å²) in [4.78, 5) is 14.2. The van der Waals surface area contributed by atoms with Gasteiger partial charge in [0.2, 0.25) is 0 Å². The Labute approximate surface area is 155 Å². The third-order valence-electron chi connectivity index (χ3n) is 6.49. The molecule has 0 bridgehead atoms. The molecule has 4 fully saturated rings. The first-order valence-electron chi connectivity index (χ1n) is 9.91. The molecule has 4 rings (SSSR count). The van der Waals surface area contributed by atoms with Gasteiger partial charge in [-0.15, -0.1) is 0 Å². The summed E-state index contributed by atoms with van der Waals surface area (Å²) in [6, 6.07) is 0. The first kappa shape index (κ1) is 18.3. The van der Waals surface area contributed by atoms with Crippen LogP contribution in [-0.4, -0.2) is 67.3 Å². The van der Waals surface area contributed by atoms with E-state index in [4.69, 9.17) is 18.9 Å². The standard InChI is InChI=1S/C20H31NO5/c1-14(2)4-5-17-19(3,26-17)16-12-15(6-7-20(16)13-24-20)25-18(22)21-8-10-23-11-9-21/h4,15-17H,5-13H2,1-3H3/t15-,16-,17-,19-,20+/m1/s1. The van der Waals surface area contributed by atoms with E-state index in [1.165, 1.54) is 5.57 Å². The average Bonchev–Trinajstić information content (AvgIpc) is 3.54. The fraction of sp³-hybridized carbons (Fsp3) is 0.850. The van der Waals surface area contributed by atoms with Gasteiger partial charge < -0.3 is 23.8 Å². The van der Waals surface area contributed by atoms with Gasteiger partial charge in [0.15, 0.2) is 0 Å². The molecule has 1 saturated carbocycles. The van der Waals surface area contributed by atoms with E-state index in [1.54, 1.807) is 4.90 Å². The number of carbonyl (C=O) groups excluding carboxylic acids is 1. The highest BCUT2D eigenvalue weighted by molar-refractivity contribution is 5.68. The van der Waals surface area contributed by atoms with Crippen LogP contribution in [0.3, 0.4) is 0 Å². The minimum atomic E-state index is -0.201. The summed E-state index contributed by atoms with van der Waals surface area (Å²) in [6.07, 6.45) is 5.85. The molecule has 6 nitrogen and oxygen atoms in total. The Kier molecular flexibility index (Phi) is 4.78. The van der Waals surface area contributed by atoms with Crippen LogP contribution in [0.4, 0.5) is 4.79 Å². The number of epoxide rings is 2. The summed E-state index contributed by atoms with van der Waals surface area (Å²) in [7, 11) is 0. The number of morpholine rings is 1. The summed E-state index contributed by atoms with van der Waals surface area (Å²) >= 11 is 0. The van der Waals surface area contributed by atoms with Gasteiger partial charge in [-0.3, -0.25) is 0 Å². The second-order valence-electron chi connectivity index (χ2n) is 8.59. The van der Waals surface area contributed by atoms with Gasteiger partial charge in [0.1, 0.15) is 6.10 Å². The molecule has 26 heavy (non-hydrogen) atoms. The number of ether oxygens (including phenoxy) is 4. The van der Waals surface area contributed by atoms with E-state index in [-0.39, 0.29) is 29.5 Å². The molecular weight excluding hydrogens is 334 g/mol. The van der Waals surface area contributed by atoms with Crippen LogP contribution >= 0.6 is 0 Å². The van der Waals surface area contributed by atoms with Gasteiger partial charge in [0.05, 0.1) is 37.1 Å². The quantitative estimate of drug-likeness (QED) is 0.566. The van der Waals surface area contributed by atoms with Crippen LogP contribution in [0.5, 0.6) is 0 Å². The summed E-state index contributed by atoms with van der Waals surface area (Å²) < 4.78 is 23.2. The van der Waals surface area contributed by atoms with Crippen LogP contribution in [0, 0.1) is 5.92 Å². The molecule has 3 heterocycles. The van der Waals surface area contributed by atoms with Crippen LogP contribution in [0.15, 0.2) is 11.6 Å². The average molecular weight is 365 g/mol. The number of carbonyl (C=O) groups is 1. The number of nitrogens with zero attached hydrogens (tertiary/aromatic N) is 1. The van der Waals surface area contributed by atoms with Crippen LogP contribution in [-0.2, 0) is 18.9 Å². The molecule has 4 aliphatic rings. The van der Waals surface area contributed by atoms with Crippen molar-refractivity contribution in [3.63, 3.8) is 0 Å². The van der Waals surface area contributed by atoms with Crippen molar-refractivity contribution in [1.29, 1.82) is 0 Å². The lowest BCUT2D eigenvalue weighted by molar-refractivity contribution is -0.0233. The van der Waals surface area contributed by atoms with Gasteiger partial charge in [-0.2, -0.15) is 0 Å². The van der Waals surface area contributed by atoms with Crippen molar-refractivity contribution < 1.29 is 23.7 Å². The highest BCUT2D eigenvalue weighted by Crippen LogP contribution is 2.59. The lowest BCUT2D eigenvalue weighted by Crippen LogP contribution is -2.47. The molecule has 1 amide bonds. The fourth-order valence-electron chi connectivity index (χ4n) is 4.64. The number of allylic oxidation sites excluding steroid dienone is 1. The Morgan fingerprint density at radius 1 is 1.31 bits per heavy atom. The van der Waals surface area contributed by atoms with Gasteiger partial charge in [0.25, 0.3) is 0 Å². The van der Waals surface area contributed by atoms with Gasteiger partial charge in [-0.05, 0) is 46.5 Å². The minimum absolute atomic E-state index is 0.0453. The number of rotatable bonds is 4. The van der Waals surface area contributed by atoms with E-state index in [2.05, 4.69) is 26.8 Å². The van der Waals surface area contributed by atoms with Crippen molar-refractivity contribution in [2.75, 3.05) is 32.9 Å². The zero-order valence-electron chi connectivity index (χ0n) is 16.2. The van der Waals surface area contributed by atoms with Gasteiger partial charge in [-0.25, -0.2) is 4.79 Å². The zero-order chi connectivity index (χ0) is 18.4. The molecule has 0 aromatic heterocycles. The van der Waals surface area contributed by atoms with E-state index >= 15 is 0 Å². The summed E-state index contributed by atoms with van der Waals surface area (Å²) in [5.74, 6) is 0.293. The molecule has 6 heteroatoms. The molecule has 1 aliphatic carbocycles. The molecule has 3 saturated heterocycles. The normalized spacial score (nSPS) is 41.7. The molecule has 5 atom stereocenters. The highest BCUT2D eigenvalue weighted by Gasteiger charge is 2.68. The van der Waals surface area contributed by atoms with E-state index in [1.807, 2.05) is 0 Å². The maximum atomic E-state index is 12.4. The summed E-state index contributed by atoms with van der Waals surface area (Å²) in [5.41, 5.74) is 1.12. The molecule has 0 aromatic rings. The maximum Gasteiger partial charge on any atom is 0.410 e. The molecule has 0 aromatic carbocycles. The Morgan fingerprint density at radius 2 is 2.04 bits per heavy atom. The highest BCUT2D eigenvalue weighted by atomic mass is 16.6. The van der Waals surface area contributed by atoms with Crippen LogP contribution in [0.25, 0.3) is 0 Å². The molecule has 146 valence electrons. The van der Waals surface area contributed by atoms with Crippen LogP contribution in [0.1, 0.15) is 46.5 Å². The lowest BCUT2D eigenvalue weighted by Gasteiger charge is -2.37. The molecule has 0 unspecified atom stereocenters. The fourth-order valence-corrected chi connectivity index (χ4v) is 4.64. The predicted octanol–water partition coefficient (Wildman–Crippen LogP) is 2.91. The third kappa shape index (κ3) is 3.51. The maximum absolute atomic E-state index is 12.4. The Morgan fingerprint density at radius 3 is 2.69 bits per heavy atom. The van der Waals surface area contributed by atoms with Crippen molar-refractivity contribution in [2.45, 2.75) is 69.9 Å². The first-order valence-corrected chi connectivity index (χ1v) is 9.91. The van der Waals surface area contributed by atoms with Gasteiger partial charge >= 0.3 is 6.09 Å². The number of hydrogen-bond donors (Lipinski definition) is 0. The smallest absolute Gasteiger partial charge is 0.410 e. The number of hydrogen-bond acceptors (Lipinski definition) is 5. The van der Waals surface area contributed by atoms with Gasteiger partial charge in [0, 0.05) is 19.0 Å². The summed E-state index contributed by atoms with van der Waals surface area (Å²) in [6.45, 7) is 9.68. The second-order valence-corrected chi connectivity index (χ2v) is 8.59. The van der Waals surface area contributed by atoms with Crippen molar-refractivity contribution in [1.82, 2.24) is 4.90 Å². The SMILES string of the molecule is CC(C)=CC[C@H]1O[C@]1(C)[C@H]1C[C@H](OC(=O)N2CCOCC2)CC[C@]12CO2. The molecule has 1 spiro atoms. The summed E-state index contributed by atoms with van der Waals surface area (Å²) in [5, 5.41) is 0. The minimum Gasteiger partial charge on any atom is -0.446 e. The topological polar surface area (TPSA) is 63.8 Å². The van der Waals surface area contributed by atoms with E-state index in [0.29, 0.717) is 32.2 Å².